The maximum Gasteiger partial charge on any atom is 0.0709 e. The second-order valence-electron chi connectivity index (χ2n) is 6.52. The molecule has 0 amide bonds. The summed E-state index contributed by atoms with van der Waals surface area (Å²) in [5.41, 5.74) is 2.81. The Labute approximate surface area is 99.9 Å². The Morgan fingerprint density at radius 1 is 1.31 bits per heavy atom. The second kappa shape index (κ2) is 3.87. The van der Waals surface area contributed by atoms with Gasteiger partial charge in [-0.1, -0.05) is 31.4 Å². The zero-order valence-electron chi connectivity index (χ0n) is 11.3. The third-order valence-electron chi connectivity index (χ3n) is 5.51. The minimum absolute atomic E-state index is 0.121. The van der Waals surface area contributed by atoms with Crippen molar-refractivity contribution in [3.63, 3.8) is 0 Å². The number of aliphatic hydroxyl groups is 1. The van der Waals surface area contributed by atoms with E-state index in [0.29, 0.717) is 5.92 Å². The summed E-state index contributed by atoms with van der Waals surface area (Å²) >= 11 is 0. The molecule has 0 heterocycles. The molecule has 1 heteroatoms. The molecule has 0 aromatic carbocycles. The van der Waals surface area contributed by atoms with Crippen molar-refractivity contribution >= 4 is 0 Å². The Morgan fingerprint density at radius 2 is 2.00 bits per heavy atom. The van der Waals surface area contributed by atoms with Crippen LogP contribution in [0, 0.1) is 11.3 Å². The highest BCUT2D eigenvalue weighted by molar-refractivity contribution is 5.21. The Bertz CT molecular complexity index is 313. The van der Waals surface area contributed by atoms with E-state index in [2.05, 4.69) is 27.7 Å². The van der Waals surface area contributed by atoms with Crippen molar-refractivity contribution in [3.05, 3.63) is 11.1 Å². The summed E-state index contributed by atoms with van der Waals surface area (Å²) in [6.45, 7) is 9.09. The monoisotopic (exact) mass is 222 g/mol. The van der Waals surface area contributed by atoms with Crippen LogP contribution in [0.1, 0.15) is 66.2 Å². The van der Waals surface area contributed by atoms with Gasteiger partial charge in [0.25, 0.3) is 0 Å². The normalized spacial score (nSPS) is 44.1. The van der Waals surface area contributed by atoms with Gasteiger partial charge in [-0.2, -0.15) is 0 Å². The molecular weight excluding hydrogens is 196 g/mol. The first kappa shape index (κ1) is 12.2. The number of fused-ring (bicyclic) bond motifs is 1. The Hall–Kier alpha value is -0.300. The SMILES string of the molecule is CC(C)=C1CC[C@@]2(O)CCC[C@H](C)[C@@]2(C)C1. The van der Waals surface area contributed by atoms with Crippen molar-refractivity contribution in [2.45, 2.75) is 71.8 Å². The first-order valence-electron chi connectivity index (χ1n) is 6.77. The number of hydrogen-bond acceptors (Lipinski definition) is 1. The van der Waals surface area contributed by atoms with E-state index < -0.39 is 0 Å². The molecule has 0 saturated heterocycles. The molecule has 0 aromatic heterocycles. The van der Waals surface area contributed by atoms with Gasteiger partial charge in [0.2, 0.25) is 0 Å². The van der Waals surface area contributed by atoms with Crippen LogP contribution in [0.15, 0.2) is 11.1 Å². The molecule has 1 nitrogen and oxygen atoms in total. The third kappa shape index (κ3) is 1.64. The third-order valence-corrected chi connectivity index (χ3v) is 5.51. The zero-order chi connectivity index (χ0) is 12.0. The van der Waals surface area contributed by atoms with Crippen LogP contribution in [-0.2, 0) is 0 Å². The molecule has 0 aliphatic heterocycles. The van der Waals surface area contributed by atoms with Gasteiger partial charge < -0.3 is 5.11 Å². The van der Waals surface area contributed by atoms with Crippen LogP contribution in [0.5, 0.6) is 0 Å². The second-order valence-corrected chi connectivity index (χ2v) is 6.52. The smallest absolute Gasteiger partial charge is 0.0709 e. The van der Waals surface area contributed by atoms with Gasteiger partial charge in [0.1, 0.15) is 0 Å². The molecule has 3 atom stereocenters. The predicted molar refractivity (Wildman–Crippen MR) is 68.3 cm³/mol. The summed E-state index contributed by atoms with van der Waals surface area (Å²) < 4.78 is 0. The summed E-state index contributed by atoms with van der Waals surface area (Å²) in [5, 5.41) is 10.9. The van der Waals surface area contributed by atoms with E-state index in [1.165, 1.54) is 18.4 Å². The van der Waals surface area contributed by atoms with Gasteiger partial charge in [-0.05, 0) is 51.9 Å². The van der Waals surface area contributed by atoms with Crippen molar-refractivity contribution in [1.82, 2.24) is 0 Å². The molecule has 0 bridgehead atoms. The van der Waals surface area contributed by atoms with E-state index in [4.69, 9.17) is 0 Å². The molecule has 1 N–H and O–H groups in total. The highest BCUT2D eigenvalue weighted by Crippen LogP contribution is 2.57. The quantitative estimate of drug-likeness (QED) is 0.613. The molecule has 2 aliphatic rings. The van der Waals surface area contributed by atoms with E-state index in [1.807, 2.05) is 0 Å². The lowest BCUT2D eigenvalue weighted by Gasteiger charge is -2.56. The van der Waals surface area contributed by atoms with Gasteiger partial charge in [0, 0.05) is 5.41 Å². The Balaban J connectivity index is 2.34. The maximum absolute atomic E-state index is 10.9. The van der Waals surface area contributed by atoms with Gasteiger partial charge in [-0.15, -0.1) is 0 Å². The average Bonchev–Trinajstić information content (AvgIpc) is 2.20. The predicted octanol–water partition coefficient (Wildman–Crippen LogP) is 4.06. The van der Waals surface area contributed by atoms with E-state index >= 15 is 0 Å². The summed E-state index contributed by atoms with van der Waals surface area (Å²) in [7, 11) is 0. The molecule has 0 aromatic rings. The summed E-state index contributed by atoms with van der Waals surface area (Å²) in [4.78, 5) is 0. The van der Waals surface area contributed by atoms with Crippen LogP contribution in [0.25, 0.3) is 0 Å². The number of hydrogen-bond donors (Lipinski definition) is 1. The molecule has 0 unspecified atom stereocenters. The fraction of sp³-hybridized carbons (Fsp3) is 0.867. The minimum atomic E-state index is -0.385. The van der Waals surface area contributed by atoms with Crippen LogP contribution < -0.4 is 0 Å². The summed E-state index contributed by atoms with van der Waals surface area (Å²) in [6, 6.07) is 0. The first-order chi connectivity index (χ1) is 7.39. The Morgan fingerprint density at radius 3 is 2.62 bits per heavy atom. The molecule has 2 rings (SSSR count). The molecule has 2 fully saturated rings. The van der Waals surface area contributed by atoms with Gasteiger partial charge in [0.15, 0.2) is 0 Å². The summed E-state index contributed by atoms with van der Waals surface area (Å²) in [6.07, 6.45) is 6.72. The van der Waals surface area contributed by atoms with Gasteiger partial charge in [-0.3, -0.25) is 0 Å². The number of rotatable bonds is 0. The first-order valence-corrected chi connectivity index (χ1v) is 6.77. The lowest BCUT2D eigenvalue weighted by molar-refractivity contribution is -0.147. The minimum Gasteiger partial charge on any atom is -0.389 e. The molecule has 16 heavy (non-hydrogen) atoms. The van der Waals surface area contributed by atoms with Crippen molar-refractivity contribution in [1.29, 1.82) is 0 Å². The van der Waals surface area contributed by atoms with Crippen LogP contribution >= 0.6 is 0 Å². The highest BCUT2D eigenvalue weighted by Gasteiger charge is 2.53. The highest BCUT2D eigenvalue weighted by atomic mass is 16.3. The zero-order valence-corrected chi connectivity index (χ0v) is 11.3. The van der Waals surface area contributed by atoms with Gasteiger partial charge in [0.05, 0.1) is 5.60 Å². The molecule has 0 radical (unpaired) electrons. The molecule has 92 valence electrons. The van der Waals surface area contributed by atoms with E-state index in [1.54, 1.807) is 5.57 Å². The summed E-state index contributed by atoms with van der Waals surface area (Å²) in [5.74, 6) is 0.654. The van der Waals surface area contributed by atoms with Gasteiger partial charge >= 0.3 is 0 Å². The van der Waals surface area contributed by atoms with Crippen LogP contribution in [0.4, 0.5) is 0 Å². The van der Waals surface area contributed by atoms with E-state index in [9.17, 15) is 5.11 Å². The van der Waals surface area contributed by atoms with Crippen LogP contribution in [0.2, 0.25) is 0 Å². The van der Waals surface area contributed by atoms with Crippen molar-refractivity contribution in [2.24, 2.45) is 11.3 Å². The lowest BCUT2D eigenvalue weighted by Crippen LogP contribution is -2.55. The van der Waals surface area contributed by atoms with Crippen molar-refractivity contribution in [2.75, 3.05) is 0 Å². The molecular formula is C15H26O. The molecule has 2 aliphatic carbocycles. The largest absolute Gasteiger partial charge is 0.389 e. The molecule has 2 saturated carbocycles. The van der Waals surface area contributed by atoms with Gasteiger partial charge in [-0.25, -0.2) is 0 Å². The van der Waals surface area contributed by atoms with Crippen molar-refractivity contribution in [3.8, 4) is 0 Å². The van der Waals surface area contributed by atoms with E-state index in [-0.39, 0.29) is 11.0 Å². The van der Waals surface area contributed by atoms with Crippen LogP contribution in [-0.4, -0.2) is 10.7 Å². The fourth-order valence-corrected chi connectivity index (χ4v) is 3.83. The van der Waals surface area contributed by atoms with Crippen molar-refractivity contribution < 1.29 is 5.11 Å². The van der Waals surface area contributed by atoms with E-state index in [0.717, 1.165) is 25.7 Å². The number of allylic oxidation sites excluding steroid dienone is 2. The standard InChI is InChI=1S/C15H26O/c1-11(2)13-7-9-15(16)8-5-6-12(3)14(15,4)10-13/h12,16H,5-10H2,1-4H3/t12-,14+,15-/m0/s1. The Kier molecular flexibility index (Phi) is 2.94. The molecule has 0 spiro atoms. The fourth-order valence-electron chi connectivity index (χ4n) is 3.83. The lowest BCUT2D eigenvalue weighted by atomic mass is 9.52. The average molecular weight is 222 g/mol. The van der Waals surface area contributed by atoms with Crippen LogP contribution in [0.3, 0.4) is 0 Å². The topological polar surface area (TPSA) is 20.2 Å². The maximum atomic E-state index is 10.9.